The Balaban J connectivity index is 1.41. The van der Waals surface area contributed by atoms with Crippen molar-refractivity contribution >= 4 is 35.0 Å². The van der Waals surface area contributed by atoms with Crippen LogP contribution in [0.15, 0.2) is 72.8 Å². The van der Waals surface area contributed by atoms with Crippen LogP contribution in [0, 0.1) is 0 Å². The number of amides is 4. The fourth-order valence-electron chi connectivity index (χ4n) is 4.26. The van der Waals surface area contributed by atoms with Crippen molar-refractivity contribution in [2.45, 2.75) is 26.2 Å². The number of hydrogen-bond acceptors (Lipinski definition) is 8. The zero-order valence-electron chi connectivity index (χ0n) is 22.4. The van der Waals surface area contributed by atoms with E-state index in [1.807, 2.05) is 24.3 Å². The average Bonchev–Trinajstić information content (AvgIpc) is 3.02. The van der Waals surface area contributed by atoms with Crippen molar-refractivity contribution in [3.63, 3.8) is 0 Å². The van der Waals surface area contributed by atoms with E-state index in [-0.39, 0.29) is 60.3 Å². The Bertz CT molecular complexity index is 1560. The SMILES string of the molecule is Nc1c2ccc(c1N)CNC(=O)c1cccc(n1)C(=O)NCc1ccc(cc1)CNC(=O)c1cccc(n1)C(=O)NC2. The quantitative estimate of drug-likeness (QED) is 0.174. The fourth-order valence-corrected chi connectivity index (χ4v) is 4.26. The summed E-state index contributed by atoms with van der Waals surface area (Å²) >= 11 is 0. The molecule has 0 fully saturated rings. The van der Waals surface area contributed by atoms with E-state index in [1.54, 1.807) is 24.3 Å². The molecule has 0 spiro atoms. The van der Waals surface area contributed by atoms with Gasteiger partial charge in [0.05, 0.1) is 11.4 Å². The molecule has 0 aliphatic carbocycles. The van der Waals surface area contributed by atoms with Gasteiger partial charge >= 0.3 is 0 Å². The predicted octanol–water partition coefficient (Wildman–Crippen LogP) is 1.67. The number of pyridine rings is 2. The number of nitrogen functional groups attached to an aromatic ring is 2. The molecule has 4 aromatic rings. The summed E-state index contributed by atoms with van der Waals surface area (Å²) < 4.78 is 0. The van der Waals surface area contributed by atoms with E-state index in [0.29, 0.717) is 11.1 Å². The third-order valence-electron chi connectivity index (χ3n) is 6.70. The van der Waals surface area contributed by atoms with Gasteiger partial charge < -0.3 is 32.7 Å². The molecule has 12 heteroatoms. The molecule has 0 saturated carbocycles. The largest absolute Gasteiger partial charge is 0.397 e. The van der Waals surface area contributed by atoms with Crippen LogP contribution < -0.4 is 32.7 Å². The number of nitrogens with zero attached hydrogens (tertiary/aromatic N) is 2. The number of aromatic nitrogens is 2. The van der Waals surface area contributed by atoms with Crippen molar-refractivity contribution in [2.24, 2.45) is 0 Å². The Morgan fingerprint density at radius 1 is 0.452 bits per heavy atom. The van der Waals surface area contributed by atoms with Crippen LogP contribution in [0.3, 0.4) is 0 Å². The Kier molecular flexibility index (Phi) is 8.05. The van der Waals surface area contributed by atoms with E-state index in [2.05, 4.69) is 31.2 Å². The van der Waals surface area contributed by atoms with Gasteiger partial charge in [0, 0.05) is 26.2 Å². The van der Waals surface area contributed by atoms with Gasteiger partial charge in [-0.25, -0.2) is 9.97 Å². The molecule has 4 aliphatic rings. The molecule has 8 bridgehead atoms. The van der Waals surface area contributed by atoms with Crippen LogP contribution >= 0.6 is 0 Å². The third kappa shape index (κ3) is 6.33. The maximum Gasteiger partial charge on any atom is 0.270 e. The highest BCUT2D eigenvalue weighted by Crippen LogP contribution is 2.24. The van der Waals surface area contributed by atoms with Crippen LogP contribution in [0.5, 0.6) is 0 Å². The van der Waals surface area contributed by atoms with Gasteiger partial charge in [0.25, 0.3) is 23.6 Å². The number of nitrogens with two attached hydrogens (primary N) is 2. The second-order valence-corrected chi connectivity index (χ2v) is 9.57. The first-order valence-electron chi connectivity index (χ1n) is 13.1. The minimum Gasteiger partial charge on any atom is -0.397 e. The van der Waals surface area contributed by atoms with Gasteiger partial charge in [-0.3, -0.25) is 19.2 Å². The molecule has 0 atom stereocenters. The molecule has 4 aliphatic heterocycles. The average molecular weight is 565 g/mol. The molecule has 0 radical (unpaired) electrons. The number of anilines is 2. The van der Waals surface area contributed by atoms with Crippen LogP contribution in [0.4, 0.5) is 11.4 Å². The monoisotopic (exact) mass is 564 g/mol. The lowest BCUT2D eigenvalue weighted by Gasteiger charge is -2.14. The third-order valence-corrected chi connectivity index (χ3v) is 6.70. The summed E-state index contributed by atoms with van der Waals surface area (Å²) in [6, 6.07) is 19.9. The van der Waals surface area contributed by atoms with Crippen LogP contribution in [0.2, 0.25) is 0 Å². The molecule has 6 heterocycles. The van der Waals surface area contributed by atoms with Gasteiger partial charge in [-0.05, 0) is 46.5 Å². The summed E-state index contributed by atoms with van der Waals surface area (Å²) in [5.41, 5.74) is 16.1. The topological polar surface area (TPSA) is 194 Å². The Hall–Kier alpha value is -5.78. The highest BCUT2D eigenvalue weighted by molar-refractivity contribution is 5.97. The first-order valence-corrected chi connectivity index (χ1v) is 13.1. The van der Waals surface area contributed by atoms with Gasteiger partial charge in [-0.15, -0.1) is 0 Å². The van der Waals surface area contributed by atoms with Gasteiger partial charge in [0.2, 0.25) is 0 Å². The van der Waals surface area contributed by atoms with Gasteiger partial charge in [-0.1, -0.05) is 48.5 Å². The number of carbonyl (C=O) groups is 4. The molecule has 4 amide bonds. The summed E-state index contributed by atoms with van der Waals surface area (Å²) in [7, 11) is 0. The lowest BCUT2D eigenvalue weighted by atomic mass is 10.1. The van der Waals surface area contributed by atoms with E-state index in [4.69, 9.17) is 11.5 Å². The minimum absolute atomic E-state index is 0.0639. The molecule has 212 valence electrons. The van der Waals surface area contributed by atoms with Crippen LogP contribution in [0.25, 0.3) is 0 Å². The number of hydrogen-bond donors (Lipinski definition) is 6. The summed E-state index contributed by atoms with van der Waals surface area (Å²) in [4.78, 5) is 59.5. The Morgan fingerprint density at radius 3 is 1.10 bits per heavy atom. The standard InChI is InChI=1S/C30H28N8O4/c31-25-19-11-12-20(26(25)32)16-36-30(42)24-6-2-4-22(38-24)28(40)34-14-18-9-7-17(8-10-18)13-33-27(39)21-3-1-5-23(37-21)29(41)35-15-19/h1-12H,13-16,31-32H2,(H,33,39)(H,34,40)(H,35,41)(H,36,42). The first kappa shape index (κ1) is 27.8. The van der Waals surface area contributed by atoms with Crippen LogP contribution in [-0.2, 0) is 26.2 Å². The molecular weight excluding hydrogens is 536 g/mol. The van der Waals surface area contributed by atoms with E-state index < -0.39 is 23.6 Å². The zero-order valence-corrected chi connectivity index (χ0v) is 22.4. The maximum absolute atomic E-state index is 12.8. The molecule has 2 aromatic carbocycles. The second-order valence-electron chi connectivity index (χ2n) is 9.57. The smallest absolute Gasteiger partial charge is 0.270 e. The maximum atomic E-state index is 12.8. The Labute approximate surface area is 240 Å². The normalized spacial score (nSPS) is 14.5. The van der Waals surface area contributed by atoms with E-state index in [9.17, 15) is 19.2 Å². The van der Waals surface area contributed by atoms with Crippen molar-refractivity contribution in [1.29, 1.82) is 0 Å². The van der Waals surface area contributed by atoms with Gasteiger partial charge in [0.15, 0.2) is 0 Å². The summed E-state index contributed by atoms with van der Waals surface area (Å²) in [5.74, 6) is -1.84. The number of rotatable bonds is 0. The van der Waals surface area contributed by atoms with E-state index >= 15 is 0 Å². The first-order chi connectivity index (χ1) is 20.3. The Morgan fingerprint density at radius 2 is 0.762 bits per heavy atom. The predicted molar refractivity (Wildman–Crippen MR) is 155 cm³/mol. The van der Waals surface area contributed by atoms with Crippen LogP contribution in [0.1, 0.15) is 64.2 Å². The molecular formula is C30H28N8O4. The van der Waals surface area contributed by atoms with Crippen molar-refractivity contribution in [1.82, 2.24) is 31.2 Å². The van der Waals surface area contributed by atoms with Gasteiger partial charge in [0.1, 0.15) is 22.8 Å². The summed E-state index contributed by atoms with van der Waals surface area (Å²) in [5, 5.41) is 11.1. The molecule has 0 unspecified atom stereocenters. The second kappa shape index (κ2) is 12.2. The zero-order chi connectivity index (χ0) is 29.6. The van der Waals surface area contributed by atoms with E-state index in [1.165, 1.54) is 24.3 Å². The molecule has 42 heavy (non-hydrogen) atoms. The molecule has 0 saturated heterocycles. The fraction of sp³-hybridized carbons (Fsp3) is 0.133. The molecule has 8 N–H and O–H groups in total. The summed E-state index contributed by atoms with van der Waals surface area (Å²) in [6.07, 6.45) is 0. The summed E-state index contributed by atoms with van der Waals surface area (Å²) in [6.45, 7) is 0.598. The number of benzene rings is 2. The van der Waals surface area contributed by atoms with Crippen molar-refractivity contribution in [2.75, 3.05) is 11.5 Å². The lowest BCUT2D eigenvalue weighted by molar-refractivity contribution is 0.0925. The number of carbonyl (C=O) groups excluding carboxylic acids is 4. The number of nitrogens with one attached hydrogen (secondary N) is 4. The minimum atomic E-state index is -0.488. The molecule has 8 rings (SSSR count). The molecule has 2 aromatic heterocycles. The highest BCUT2D eigenvalue weighted by atomic mass is 16.2. The van der Waals surface area contributed by atoms with Gasteiger partial charge in [-0.2, -0.15) is 0 Å². The van der Waals surface area contributed by atoms with Crippen LogP contribution in [-0.4, -0.2) is 33.6 Å². The lowest BCUT2D eigenvalue weighted by Crippen LogP contribution is -2.28. The van der Waals surface area contributed by atoms with Crippen molar-refractivity contribution in [3.8, 4) is 0 Å². The van der Waals surface area contributed by atoms with E-state index in [0.717, 1.165) is 11.1 Å². The van der Waals surface area contributed by atoms with Crippen molar-refractivity contribution in [3.05, 3.63) is 118 Å². The highest BCUT2D eigenvalue weighted by Gasteiger charge is 2.16. The van der Waals surface area contributed by atoms with Crippen molar-refractivity contribution < 1.29 is 19.2 Å². The molecule has 12 nitrogen and oxygen atoms in total.